The molecule has 0 spiro atoms. The van der Waals surface area contributed by atoms with E-state index in [1.165, 1.54) is 7.11 Å². The molecule has 3 rings (SSSR count). The molecule has 0 bridgehead atoms. The predicted octanol–water partition coefficient (Wildman–Crippen LogP) is 3.68. The number of benzene rings is 1. The molecule has 0 amide bonds. The molecular weight excluding hydrogens is 278 g/mol. The molecule has 2 aromatic rings. The van der Waals surface area contributed by atoms with Crippen LogP contribution in [0.5, 0.6) is 0 Å². The Morgan fingerprint density at radius 1 is 1.36 bits per heavy atom. The molecule has 1 aliphatic rings. The average molecular weight is 299 g/mol. The maximum Gasteiger partial charge on any atom is 0.305 e. The van der Waals surface area contributed by atoms with Crippen LogP contribution in [0.25, 0.3) is 10.9 Å². The predicted molar refractivity (Wildman–Crippen MR) is 85.0 cm³/mol. The first-order valence-electron chi connectivity index (χ1n) is 7.82. The molecule has 4 heteroatoms. The van der Waals surface area contributed by atoms with Gasteiger partial charge in [-0.15, -0.1) is 0 Å². The van der Waals surface area contributed by atoms with Crippen molar-refractivity contribution in [1.29, 1.82) is 0 Å². The van der Waals surface area contributed by atoms with E-state index in [1.54, 1.807) is 0 Å². The number of hydrogen-bond donors (Lipinski definition) is 0. The number of hydrogen-bond acceptors (Lipinski definition) is 3. The fraction of sp³-hybridized carbons (Fsp3) is 0.444. The zero-order chi connectivity index (χ0) is 15.7. The van der Waals surface area contributed by atoms with Crippen LogP contribution in [-0.2, 0) is 14.9 Å². The molecule has 0 saturated heterocycles. The minimum atomic E-state index is -0.188. The van der Waals surface area contributed by atoms with Gasteiger partial charge in [0.05, 0.1) is 12.6 Å². The standard InChI is InChI=1S/C18H21NO3/c1-3-18(11-9-17(21)22-2)10-8-16(20)19-14-7-5-4-6-13(14)12-15(18)19/h4-7,12H,3,8-11H2,1-2H3/t18-/m1/s1. The van der Waals surface area contributed by atoms with Gasteiger partial charge < -0.3 is 4.74 Å². The van der Waals surface area contributed by atoms with Gasteiger partial charge in [-0.1, -0.05) is 25.1 Å². The van der Waals surface area contributed by atoms with Crippen molar-refractivity contribution >= 4 is 22.8 Å². The quantitative estimate of drug-likeness (QED) is 0.809. The fourth-order valence-electron chi connectivity index (χ4n) is 3.63. The van der Waals surface area contributed by atoms with Crippen LogP contribution in [0.1, 0.15) is 49.5 Å². The number of para-hydroxylation sites is 1. The summed E-state index contributed by atoms with van der Waals surface area (Å²) in [4.78, 5) is 24.0. The summed E-state index contributed by atoms with van der Waals surface area (Å²) >= 11 is 0. The smallest absolute Gasteiger partial charge is 0.305 e. The third-order valence-electron chi connectivity index (χ3n) is 5.03. The van der Waals surface area contributed by atoms with Crippen LogP contribution in [0, 0.1) is 0 Å². The lowest BCUT2D eigenvalue weighted by atomic mass is 9.72. The van der Waals surface area contributed by atoms with Gasteiger partial charge in [0.15, 0.2) is 0 Å². The van der Waals surface area contributed by atoms with Gasteiger partial charge in [0.2, 0.25) is 5.91 Å². The van der Waals surface area contributed by atoms with E-state index in [0.29, 0.717) is 12.8 Å². The van der Waals surface area contributed by atoms with E-state index in [-0.39, 0.29) is 17.3 Å². The molecule has 1 aromatic carbocycles. The highest BCUT2D eigenvalue weighted by molar-refractivity contribution is 5.95. The topological polar surface area (TPSA) is 48.3 Å². The van der Waals surface area contributed by atoms with Crippen molar-refractivity contribution in [2.24, 2.45) is 0 Å². The Bertz CT molecular complexity index is 731. The summed E-state index contributed by atoms with van der Waals surface area (Å²) < 4.78 is 6.65. The first kappa shape index (κ1) is 14.8. The van der Waals surface area contributed by atoms with Crippen molar-refractivity contribution in [2.75, 3.05) is 7.11 Å². The molecule has 0 N–H and O–H groups in total. The first-order chi connectivity index (χ1) is 10.6. The number of aromatic nitrogens is 1. The van der Waals surface area contributed by atoms with E-state index in [4.69, 9.17) is 4.74 Å². The second-order valence-corrected chi connectivity index (χ2v) is 6.03. The summed E-state index contributed by atoms with van der Waals surface area (Å²) in [5.41, 5.74) is 1.90. The Kier molecular flexibility index (Phi) is 3.77. The summed E-state index contributed by atoms with van der Waals surface area (Å²) in [5, 5.41) is 1.09. The van der Waals surface area contributed by atoms with Gasteiger partial charge in [0.1, 0.15) is 0 Å². The highest BCUT2D eigenvalue weighted by Crippen LogP contribution is 2.43. The van der Waals surface area contributed by atoms with Crippen LogP contribution in [0.3, 0.4) is 0 Å². The van der Waals surface area contributed by atoms with Crippen LogP contribution in [0.15, 0.2) is 30.3 Å². The Morgan fingerprint density at radius 2 is 2.14 bits per heavy atom. The van der Waals surface area contributed by atoms with Gasteiger partial charge in [-0.05, 0) is 31.4 Å². The van der Waals surface area contributed by atoms with E-state index < -0.39 is 0 Å². The zero-order valence-electron chi connectivity index (χ0n) is 13.1. The summed E-state index contributed by atoms with van der Waals surface area (Å²) in [6, 6.07) is 10.1. The van der Waals surface area contributed by atoms with Crippen LogP contribution in [0.4, 0.5) is 0 Å². The van der Waals surface area contributed by atoms with Crippen LogP contribution in [0.2, 0.25) is 0 Å². The van der Waals surface area contributed by atoms with Crippen molar-refractivity contribution in [1.82, 2.24) is 4.57 Å². The van der Waals surface area contributed by atoms with Crippen LogP contribution < -0.4 is 0 Å². The van der Waals surface area contributed by atoms with Crippen molar-refractivity contribution in [2.45, 2.75) is 44.4 Å². The number of methoxy groups -OCH3 is 1. The van der Waals surface area contributed by atoms with Gasteiger partial charge in [-0.25, -0.2) is 0 Å². The van der Waals surface area contributed by atoms with Crippen LogP contribution in [-0.4, -0.2) is 23.6 Å². The molecule has 22 heavy (non-hydrogen) atoms. The SMILES string of the molecule is CC[C@]1(CCC(=O)OC)CCC(=O)n2c1cc1ccccc12. The summed E-state index contributed by atoms with van der Waals surface area (Å²) in [5.74, 6) is -0.0364. The lowest BCUT2D eigenvalue weighted by Crippen LogP contribution is -2.36. The first-order valence-corrected chi connectivity index (χ1v) is 7.82. The van der Waals surface area contributed by atoms with E-state index in [2.05, 4.69) is 13.0 Å². The fourth-order valence-corrected chi connectivity index (χ4v) is 3.63. The molecule has 2 heterocycles. The van der Waals surface area contributed by atoms with Gasteiger partial charge in [-0.3, -0.25) is 14.2 Å². The highest BCUT2D eigenvalue weighted by Gasteiger charge is 2.39. The van der Waals surface area contributed by atoms with Gasteiger partial charge >= 0.3 is 5.97 Å². The molecular formula is C18H21NO3. The van der Waals surface area contributed by atoms with Crippen LogP contribution >= 0.6 is 0 Å². The molecule has 1 aromatic heterocycles. The third-order valence-corrected chi connectivity index (χ3v) is 5.03. The number of esters is 1. The lowest BCUT2D eigenvalue weighted by molar-refractivity contribution is -0.141. The van der Waals surface area contributed by atoms with E-state index in [0.717, 1.165) is 35.9 Å². The largest absolute Gasteiger partial charge is 0.469 e. The van der Waals surface area contributed by atoms with Crippen molar-refractivity contribution in [3.05, 3.63) is 36.0 Å². The number of nitrogens with zero attached hydrogens (tertiary/aromatic N) is 1. The maximum absolute atomic E-state index is 12.4. The number of fused-ring (bicyclic) bond motifs is 3. The average Bonchev–Trinajstić information content (AvgIpc) is 2.95. The Morgan fingerprint density at radius 3 is 2.86 bits per heavy atom. The molecule has 1 atom stereocenters. The second-order valence-electron chi connectivity index (χ2n) is 6.03. The summed E-state index contributed by atoms with van der Waals surface area (Å²) in [6.07, 6.45) is 3.35. The monoisotopic (exact) mass is 299 g/mol. The van der Waals surface area contributed by atoms with E-state index in [1.807, 2.05) is 28.8 Å². The van der Waals surface area contributed by atoms with Crippen molar-refractivity contribution in [3.63, 3.8) is 0 Å². The molecule has 116 valence electrons. The molecule has 0 unspecified atom stereocenters. The molecule has 0 radical (unpaired) electrons. The molecule has 4 nitrogen and oxygen atoms in total. The van der Waals surface area contributed by atoms with Gasteiger partial charge in [0, 0.05) is 29.3 Å². The normalized spacial score (nSPS) is 20.9. The Labute approximate surface area is 130 Å². The van der Waals surface area contributed by atoms with Gasteiger partial charge in [-0.2, -0.15) is 0 Å². The summed E-state index contributed by atoms with van der Waals surface area (Å²) in [6.45, 7) is 2.13. The molecule has 0 fully saturated rings. The number of ether oxygens (including phenoxy) is 1. The van der Waals surface area contributed by atoms with E-state index in [9.17, 15) is 9.59 Å². The summed E-state index contributed by atoms with van der Waals surface area (Å²) in [7, 11) is 1.42. The third kappa shape index (κ3) is 2.23. The highest BCUT2D eigenvalue weighted by atomic mass is 16.5. The Balaban J connectivity index is 2.09. The van der Waals surface area contributed by atoms with Gasteiger partial charge in [0.25, 0.3) is 0 Å². The number of carbonyl (C=O) groups excluding carboxylic acids is 2. The molecule has 0 aliphatic carbocycles. The molecule has 0 saturated carbocycles. The lowest BCUT2D eigenvalue weighted by Gasteiger charge is -2.37. The van der Waals surface area contributed by atoms with Crippen molar-refractivity contribution < 1.29 is 14.3 Å². The maximum atomic E-state index is 12.4. The zero-order valence-corrected chi connectivity index (χ0v) is 13.1. The van der Waals surface area contributed by atoms with Crippen molar-refractivity contribution in [3.8, 4) is 0 Å². The Hall–Kier alpha value is -2.10. The minimum absolute atomic E-state index is 0.124. The second kappa shape index (κ2) is 5.59. The van der Waals surface area contributed by atoms with E-state index >= 15 is 0 Å². The minimum Gasteiger partial charge on any atom is -0.469 e. The molecule has 1 aliphatic heterocycles. The number of rotatable bonds is 4. The number of carbonyl (C=O) groups is 2.